The second kappa shape index (κ2) is 5.83. The van der Waals surface area contributed by atoms with Gasteiger partial charge >= 0.3 is 0 Å². The Morgan fingerprint density at radius 1 is 1.29 bits per heavy atom. The maximum Gasteiger partial charge on any atom is 0.223 e. The third kappa shape index (κ3) is 3.19. The van der Waals surface area contributed by atoms with Crippen molar-refractivity contribution in [1.29, 1.82) is 0 Å². The number of likely N-dealkylation sites (tertiary alicyclic amines) is 2. The van der Waals surface area contributed by atoms with Gasteiger partial charge < -0.3 is 14.9 Å². The quantitative estimate of drug-likeness (QED) is 0.781. The van der Waals surface area contributed by atoms with Gasteiger partial charge in [0.15, 0.2) is 0 Å². The zero-order chi connectivity index (χ0) is 12.3. The SMILES string of the molecule is CCN1CCC(CN2CC(CO)CC2=O)CC1. The molecule has 0 bridgehead atoms. The number of hydrogen-bond donors (Lipinski definition) is 1. The molecule has 98 valence electrons. The van der Waals surface area contributed by atoms with Crippen LogP contribution < -0.4 is 0 Å². The maximum atomic E-state index is 11.7. The lowest BCUT2D eigenvalue weighted by Gasteiger charge is -2.33. The van der Waals surface area contributed by atoms with E-state index < -0.39 is 0 Å². The van der Waals surface area contributed by atoms with E-state index >= 15 is 0 Å². The molecule has 0 aromatic heterocycles. The Morgan fingerprint density at radius 2 is 2.00 bits per heavy atom. The first-order valence-corrected chi connectivity index (χ1v) is 6.84. The number of carbonyl (C=O) groups excluding carboxylic acids is 1. The lowest BCUT2D eigenvalue weighted by atomic mass is 9.96. The molecule has 1 atom stereocenters. The monoisotopic (exact) mass is 240 g/mol. The molecule has 4 heteroatoms. The summed E-state index contributed by atoms with van der Waals surface area (Å²) in [6, 6.07) is 0. The van der Waals surface area contributed by atoms with Gasteiger partial charge in [0.05, 0.1) is 0 Å². The highest BCUT2D eigenvalue weighted by Crippen LogP contribution is 2.23. The number of carbonyl (C=O) groups is 1. The zero-order valence-electron chi connectivity index (χ0n) is 10.8. The molecule has 0 saturated carbocycles. The predicted octanol–water partition coefficient (Wildman–Crippen LogP) is 0.559. The molecule has 1 N–H and O–H groups in total. The van der Waals surface area contributed by atoms with Crippen molar-refractivity contribution in [3.05, 3.63) is 0 Å². The second-order valence-corrected chi connectivity index (χ2v) is 5.43. The van der Waals surface area contributed by atoms with Gasteiger partial charge in [-0.2, -0.15) is 0 Å². The fourth-order valence-corrected chi connectivity index (χ4v) is 2.95. The van der Waals surface area contributed by atoms with E-state index in [1.165, 1.54) is 25.9 Å². The van der Waals surface area contributed by atoms with E-state index in [0.717, 1.165) is 19.6 Å². The fourth-order valence-electron chi connectivity index (χ4n) is 2.95. The number of piperidine rings is 1. The van der Waals surface area contributed by atoms with E-state index in [-0.39, 0.29) is 18.4 Å². The minimum atomic E-state index is 0.149. The Bertz CT molecular complexity index is 262. The van der Waals surface area contributed by atoms with E-state index in [4.69, 9.17) is 5.11 Å². The van der Waals surface area contributed by atoms with Gasteiger partial charge in [-0.1, -0.05) is 6.92 Å². The van der Waals surface area contributed by atoms with E-state index in [1.54, 1.807) is 0 Å². The maximum absolute atomic E-state index is 11.7. The minimum absolute atomic E-state index is 0.149. The van der Waals surface area contributed by atoms with Crippen molar-refractivity contribution in [1.82, 2.24) is 9.80 Å². The summed E-state index contributed by atoms with van der Waals surface area (Å²) < 4.78 is 0. The van der Waals surface area contributed by atoms with Crippen molar-refractivity contribution >= 4 is 5.91 Å². The van der Waals surface area contributed by atoms with Crippen molar-refractivity contribution in [3.63, 3.8) is 0 Å². The van der Waals surface area contributed by atoms with E-state index in [2.05, 4.69) is 11.8 Å². The molecule has 0 spiro atoms. The molecule has 2 aliphatic heterocycles. The summed E-state index contributed by atoms with van der Waals surface area (Å²) in [5.74, 6) is 1.08. The van der Waals surface area contributed by atoms with Crippen molar-refractivity contribution in [2.24, 2.45) is 11.8 Å². The van der Waals surface area contributed by atoms with Crippen molar-refractivity contribution in [2.75, 3.05) is 39.3 Å². The minimum Gasteiger partial charge on any atom is -0.396 e. The molecule has 2 saturated heterocycles. The fraction of sp³-hybridized carbons (Fsp3) is 0.923. The molecule has 2 rings (SSSR count). The lowest BCUT2D eigenvalue weighted by Crippen LogP contribution is -2.39. The smallest absolute Gasteiger partial charge is 0.223 e. The van der Waals surface area contributed by atoms with Gasteiger partial charge in [-0.05, 0) is 38.4 Å². The topological polar surface area (TPSA) is 43.8 Å². The van der Waals surface area contributed by atoms with Crippen LogP contribution in [0.2, 0.25) is 0 Å². The first-order chi connectivity index (χ1) is 8.22. The Hall–Kier alpha value is -0.610. The van der Waals surface area contributed by atoms with Gasteiger partial charge in [0.1, 0.15) is 0 Å². The average molecular weight is 240 g/mol. The third-order valence-electron chi connectivity index (χ3n) is 4.19. The van der Waals surface area contributed by atoms with Crippen LogP contribution in [0.3, 0.4) is 0 Å². The largest absolute Gasteiger partial charge is 0.396 e. The number of hydrogen-bond acceptors (Lipinski definition) is 3. The molecule has 2 fully saturated rings. The van der Waals surface area contributed by atoms with Crippen LogP contribution in [0.15, 0.2) is 0 Å². The molecule has 0 aliphatic carbocycles. The molecule has 4 nitrogen and oxygen atoms in total. The van der Waals surface area contributed by atoms with Crippen molar-refractivity contribution < 1.29 is 9.90 Å². The highest BCUT2D eigenvalue weighted by Gasteiger charge is 2.31. The Morgan fingerprint density at radius 3 is 2.53 bits per heavy atom. The number of aliphatic hydroxyl groups is 1. The molecule has 0 radical (unpaired) electrons. The highest BCUT2D eigenvalue weighted by molar-refractivity contribution is 5.78. The Kier molecular flexibility index (Phi) is 4.40. The van der Waals surface area contributed by atoms with Gasteiger partial charge in [-0.15, -0.1) is 0 Å². The summed E-state index contributed by atoms with van der Waals surface area (Å²) in [5.41, 5.74) is 0. The second-order valence-electron chi connectivity index (χ2n) is 5.43. The number of amides is 1. The van der Waals surface area contributed by atoms with Gasteiger partial charge in [0, 0.05) is 32.0 Å². The van der Waals surface area contributed by atoms with Gasteiger partial charge in [-0.3, -0.25) is 4.79 Å². The van der Waals surface area contributed by atoms with E-state index in [0.29, 0.717) is 12.3 Å². The Labute approximate surface area is 104 Å². The summed E-state index contributed by atoms with van der Waals surface area (Å²) in [6.07, 6.45) is 2.97. The number of rotatable bonds is 4. The molecule has 2 aliphatic rings. The van der Waals surface area contributed by atoms with E-state index in [1.807, 2.05) is 4.90 Å². The predicted molar refractivity (Wildman–Crippen MR) is 66.6 cm³/mol. The lowest BCUT2D eigenvalue weighted by molar-refractivity contribution is -0.128. The third-order valence-corrected chi connectivity index (χ3v) is 4.19. The van der Waals surface area contributed by atoms with Crippen LogP contribution in [-0.2, 0) is 4.79 Å². The van der Waals surface area contributed by atoms with Crippen LogP contribution in [0.1, 0.15) is 26.2 Å². The summed E-state index contributed by atoms with van der Waals surface area (Å²) in [5, 5.41) is 9.09. The summed E-state index contributed by atoms with van der Waals surface area (Å²) >= 11 is 0. The van der Waals surface area contributed by atoms with Crippen molar-refractivity contribution in [3.8, 4) is 0 Å². The first-order valence-electron chi connectivity index (χ1n) is 6.84. The number of nitrogens with zero attached hydrogens (tertiary/aromatic N) is 2. The normalized spacial score (nSPS) is 28.0. The first kappa shape index (κ1) is 12.8. The molecule has 0 aromatic carbocycles. The summed E-state index contributed by atoms with van der Waals surface area (Å²) in [4.78, 5) is 16.2. The number of aliphatic hydroxyl groups excluding tert-OH is 1. The van der Waals surface area contributed by atoms with Gasteiger partial charge in [-0.25, -0.2) is 0 Å². The molecule has 1 unspecified atom stereocenters. The molecular formula is C13H24N2O2. The van der Waals surface area contributed by atoms with Crippen molar-refractivity contribution in [2.45, 2.75) is 26.2 Å². The average Bonchev–Trinajstić information content (AvgIpc) is 2.71. The van der Waals surface area contributed by atoms with Crippen LogP contribution >= 0.6 is 0 Å². The van der Waals surface area contributed by atoms with Crippen LogP contribution in [-0.4, -0.2) is 60.1 Å². The molecule has 17 heavy (non-hydrogen) atoms. The highest BCUT2D eigenvalue weighted by atomic mass is 16.3. The summed E-state index contributed by atoms with van der Waals surface area (Å²) in [7, 11) is 0. The van der Waals surface area contributed by atoms with Crippen LogP contribution in [0.5, 0.6) is 0 Å². The van der Waals surface area contributed by atoms with E-state index in [9.17, 15) is 4.79 Å². The van der Waals surface area contributed by atoms with Crippen LogP contribution in [0, 0.1) is 11.8 Å². The molecule has 1 amide bonds. The standard InChI is InChI=1S/C13H24N2O2/c1-2-14-5-3-11(4-6-14)8-15-9-12(10-16)7-13(15)17/h11-12,16H,2-10H2,1H3. The van der Waals surface area contributed by atoms with Gasteiger partial charge in [0.25, 0.3) is 0 Å². The molecule has 2 heterocycles. The van der Waals surface area contributed by atoms with Crippen LogP contribution in [0.25, 0.3) is 0 Å². The van der Waals surface area contributed by atoms with Gasteiger partial charge in [0.2, 0.25) is 5.91 Å². The molecule has 0 aromatic rings. The van der Waals surface area contributed by atoms with Crippen LogP contribution in [0.4, 0.5) is 0 Å². The summed E-state index contributed by atoms with van der Waals surface area (Å²) in [6.45, 7) is 7.52. The Balaban J connectivity index is 1.76. The zero-order valence-corrected chi connectivity index (χ0v) is 10.8. The molecular weight excluding hydrogens is 216 g/mol.